The van der Waals surface area contributed by atoms with E-state index in [1.165, 1.54) is 0 Å². The van der Waals surface area contributed by atoms with Crippen LogP contribution in [-0.2, 0) is 7.05 Å². The van der Waals surface area contributed by atoms with E-state index in [2.05, 4.69) is 20.0 Å². The highest BCUT2D eigenvalue weighted by molar-refractivity contribution is 5.99. The Bertz CT molecular complexity index is 643. The molecule has 110 valence electrons. The second-order valence-electron chi connectivity index (χ2n) is 5.29. The number of para-hydroxylation sites is 1. The Kier molecular flexibility index (Phi) is 3.60. The molecule has 2 heterocycles. The molecule has 3 rings (SSSR count). The summed E-state index contributed by atoms with van der Waals surface area (Å²) in [4.78, 5) is 16.2. The molecule has 0 unspecified atom stereocenters. The molecule has 0 aliphatic carbocycles. The van der Waals surface area contributed by atoms with Crippen LogP contribution < -0.4 is 9.80 Å². The van der Waals surface area contributed by atoms with Crippen LogP contribution in [0, 0.1) is 0 Å². The number of aryl methyl sites for hydroxylation is 1. The number of Topliss-reactive ketones (excluding diaryl/α,β-unsaturated/α-hetero) is 1. The van der Waals surface area contributed by atoms with Crippen LogP contribution in [0.3, 0.4) is 0 Å². The molecule has 0 spiro atoms. The number of ketones is 1. The minimum absolute atomic E-state index is 0.112. The average molecular weight is 285 g/mol. The second-order valence-corrected chi connectivity index (χ2v) is 5.29. The van der Waals surface area contributed by atoms with Crippen LogP contribution in [0.2, 0.25) is 0 Å². The minimum atomic E-state index is 0.112. The molecule has 2 aromatic rings. The molecule has 0 bridgehead atoms. The Morgan fingerprint density at radius 3 is 2.38 bits per heavy atom. The molecule has 1 aromatic carbocycles. The lowest BCUT2D eigenvalue weighted by atomic mass is 10.1. The Morgan fingerprint density at radius 2 is 1.76 bits per heavy atom. The van der Waals surface area contributed by atoms with Gasteiger partial charge in [0.05, 0.1) is 0 Å². The number of hydrogen-bond acceptors (Lipinski definition) is 5. The Morgan fingerprint density at radius 1 is 1.10 bits per heavy atom. The van der Waals surface area contributed by atoms with Crippen molar-refractivity contribution in [1.29, 1.82) is 0 Å². The fraction of sp³-hybridized carbons (Fsp3) is 0.400. The summed E-state index contributed by atoms with van der Waals surface area (Å²) in [6.45, 7) is 5.11. The lowest BCUT2D eigenvalue weighted by Crippen LogP contribution is -2.47. The van der Waals surface area contributed by atoms with E-state index in [1.54, 1.807) is 13.3 Å². The van der Waals surface area contributed by atoms with Gasteiger partial charge in [0.1, 0.15) is 6.33 Å². The summed E-state index contributed by atoms with van der Waals surface area (Å²) in [5, 5.41) is 8.07. The molecule has 0 amide bonds. The fourth-order valence-corrected chi connectivity index (χ4v) is 2.76. The summed E-state index contributed by atoms with van der Waals surface area (Å²) < 4.78 is 1.93. The lowest BCUT2D eigenvalue weighted by Gasteiger charge is -2.36. The molecule has 1 saturated heterocycles. The normalized spacial score (nSPS) is 15.3. The largest absolute Gasteiger partial charge is 0.367 e. The van der Waals surface area contributed by atoms with Crippen LogP contribution in [0.4, 0.5) is 11.6 Å². The number of benzene rings is 1. The first-order valence-electron chi connectivity index (χ1n) is 7.10. The van der Waals surface area contributed by atoms with Crippen molar-refractivity contribution < 1.29 is 4.79 Å². The average Bonchev–Trinajstić information content (AvgIpc) is 2.93. The number of carbonyl (C=O) groups is 1. The first kappa shape index (κ1) is 13.6. The smallest absolute Gasteiger partial charge is 0.226 e. The summed E-state index contributed by atoms with van der Waals surface area (Å²) in [6, 6.07) is 7.81. The second kappa shape index (κ2) is 5.55. The maximum absolute atomic E-state index is 11.7. The minimum Gasteiger partial charge on any atom is -0.367 e. The van der Waals surface area contributed by atoms with Crippen molar-refractivity contribution in [1.82, 2.24) is 14.8 Å². The van der Waals surface area contributed by atoms with Crippen molar-refractivity contribution in [2.75, 3.05) is 36.0 Å². The van der Waals surface area contributed by atoms with Gasteiger partial charge in [0.2, 0.25) is 5.95 Å². The third-order valence-corrected chi connectivity index (χ3v) is 3.87. The summed E-state index contributed by atoms with van der Waals surface area (Å²) in [5.74, 6) is 1.01. The molecule has 1 aromatic heterocycles. The van der Waals surface area contributed by atoms with Crippen LogP contribution >= 0.6 is 0 Å². The van der Waals surface area contributed by atoms with Gasteiger partial charge in [-0.3, -0.25) is 4.79 Å². The number of rotatable bonds is 3. The molecular formula is C15H19N5O. The van der Waals surface area contributed by atoms with E-state index in [0.717, 1.165) is 43.4 Å². The number of piperazine rings is 1. The van der Waals surface area contributed by atoms with E-state index in [9.17, 15) is 4.79 Å². The van der Waals surface area contributed by atoms with Crippen LogP contribution in [0.1, 0.15) is 17.3 Å². The van der Waals surface area contributed by atoms with Crippen molar-refractivity contribution in [2.24, 2.45) is 7.05 Å². The summed E-state index contributed by atoms with van der Waals surface area (Å²) >= 11 is 0. The maximum atomic E-state index is 11.7. The van der Waals surface area contributed by atoms with E-state index in [4.69, 9.17) is 0 Å². The third kappa shape index (κ3) is 2.61. The zero-order chi connectivity index (χ0) is 14.8. The van der Waals surface area contributed by atoms with Crippen LogP contribution in [-0.4, -0.2) is 46.7 Å². The highest BCUT2D eigenvalue weighted by atomic mass is 16.1. The van der Waals surface area contributed by atoms with Crippen LogP contribution in [0.15, 0.2) is 30.6 Å². The van der Waals surface area contributed by atoms with Gasteiger partial charge in [-0.05, 0) is 19.1 Å². The van der Waals surface area contributed by atoms with E-state index < -0.39 is 0 Å². The molecule has 0 saturated carbocycles. The Labute approximate surface area is 124 Å². The molecule has 21 heavy (non-hydrogen) atoms. The zero-order valence-electron chi connectivity index (χ0n) is 12.4. The van der Waals surface area contributed by atoms with Gasteiger partial charge < -0.3 is 14.4 Å². The van der Waals surface area contributed by atoms with Gasteiger partial charge in [-0.15, -0.1) is 10.2 Å². The highest BCUT2D eigenvalue weighted by Gasteiger charge is 2.22. The molecule has 0 atom stereocenters. The van der Waals surface area contributed by atoms with Gasteiger partial charge >= 0.3 is 0 Å². The fourth-order valence-electron chi connectivity index (χ4n) is 2.76. The molecule has 1 aliphatic rings. The highest BCUT2D eigenvalue weighted by Crippen LogP contribution is 2.23. The van der Waals surface area contributed by atoms with Gasteiger partial charge in [-0.25, -0.2) is 0 Å². The maximum Gasteiger partial charge on any atom is 0.226 e. The van der Waals surface area contributed by atoms with Crippen molar-refractivity contribution in [3.8, 4) is 0 Å². The predicted molar refractivity (Wildman–Crippen MR) is 81.9 cm³/mol. The van der Waals surface area contributed by atoms with E-state index in [-0.39, 0.29) is 5.78 Å². The van der Waals surface area contributed by atoms with Gasteiger partial charge in [-0.1, -0.05) is 12.1 Å². The standard InChI is InChI=1S/C15H19N5O/c1-12(21)13-5-3-4-6-14(13)19-7-9-20(10-8-19)15-17-16-11-18(15)2/h3-6,11H,7-10H2,1-2H3. The number of aromatic nitrogens is 3. The summed E-state index contributed by atoms with van der Waals surface area (Å²) in [6.07, 6.45) is 1.72. The number of carbonyl (C=O) groups excluding carboxylic acids is 1. The Balaban J connectivity index is 1.75. The molecule has 1 fully saturated rings. The SMILES string of the molecule is CC(=O)c1ccccc1N1CCN(c2nncn2C)CC1. The van der Waals surface area contributed by atoms with Crippen molar-refractivity contribution in [3.63, 3.8) is 0 Å². The lowest BCUT2D eigenvalue weighted by molar-refractivity contribution is 0.101. The van der Waals surface area contributed by atoms with Crippen molar-refractivity contribution in [3.05, 3.63) is 36.2 Å². The molecular weight excluding hydrogens is 266 g/mol. The molecule has 0 radical (unpaired) electrons. The molecule has 6 nitrogen and oxygen atoms in total. The molecule has 0 N–H and O–H groups in total. The number of hydrogen-bond donors (Lipinski definition) is 0. The predicted octanol–water partition coefficient (Wildman–Crippen LogP) is 1.34. The number of nitrogens with zero attached hydrogens (tertiary/aromatic N) is 5. The quantitative estimate of drug-likeness (QED) is 0.797. The van der Waals surface area contributed by atoms with Gasteiger partial charge in [-0.2, -0.15) is 0 Å². The monoisotopic (exact) mass is 285 g/mol. The topological polar surface area (TPSA) is 54.3 Å². The van der Waals surface area contributed by atoms with Crippen LogP contribution in [0.5, 0.6) is 0 Å². The first-order valence-corrected chi connectivity index (χ1v) is 7.10. The zero-order valence-corrected chi connectivity index (χ0v) is 12.4. The van der Waals surface area contributed by atoms with Crippen molar-refractivity contribution >= 4 is 17.4 Å². The summed E-state index contributed by atoms with van der Waals surface area (Å²) in [5.41, 5.74) is 1.83. The summed E-state index contributed by atoms with van der Waals surface area (Å²) in [7, 11) is 1.95. The Hall–Kier alpha value is -2.37. The van der Waals surface area contributed by atoms with E-state index in [0.29, 0.717) is 0 Å². The number of anilines is 2. The first-order chi connectivity index (χ1) is 10.2. The molecule has 1 aliphatic heterocycles. The van der Waals surface area contributed by atoms with E-state index in [1.807, 2.05) is 35.9 Å². The van der Waals surface area contributed by atoms with Gasteiger partial charge in [0, 0.05) is 44.5 Å². The molecule has 6 heteroatoms. The third-order valence-electron chi connectivity index (χ3n) is 3.87. The van der Waals surface area contributed by atoms with Crippen molar-refractivity contribution in [2.45, 2.75) is 6.92 Å². The van der Waals surface area contributed by atoms with Crippen LogP contribution in [0.25, 0.3) is 0 Å². The van der Waals surface area contributed by atoms with E-state index >= 15 is 0 Å². The van der Waals surface area contributed by atoms with Gasteiger partial charge in [0.15, 0.2) is 5.78 Å². The van der Waals surface area contributed by atoms with Gasteiger partial charge in [0.25, 0.3) is 0 Å².